The minimum atomic E-state index is -0.523. The molecule has 0 radical (unpaired) electrons. The van der Waals surface area contributed by atoms with E-state index >= 15 is 0 Å². The van der Waals surface area contributed by atoms with E-state index in [1.54, 1.807) is 0 Å². The monoisotopic (exact) mass is 368 g/mol. The highest BCUT2D eigenvalue weighted by atomic mass is 16.6. The van der Waals surface area contributed by atoms with Crippen LogP contribution in [0, 0.1) is 0 Å². The highest BCUT2D eigenvalue weighted by molar-refractivity contribution is 5.88. The molecule has 0 aromatic heterocycles. The summed E-state index contributed by atoms with van der Waals surface area (Å²) in [5, 5.41) is 0. The van der Waals surface area contributed by atoms with Gasteiger partial charge in [0.1, 0.15) is 13.2 Å². The molecule has 2 unspecified atom stereocenters. The Balaban J connectivity index is 2.33. The van der Waals surface area contributed by atoms with E-state index in [-0.39, 0.29) is 6.10 Å². The third-order valence-electron chi connectivity index (χ3n) is 4.15. The van der Waals surface area contributed by atoms with Crippen molar-refractivity contribution in [2.24, 2.45) is 0 Å². The summed E-state index contributed by atoms with van der Waals surface area (Å²) in [5.74, 6) is -0.823. The van der Waals surface area contributed by atoms with Crippen molar-refractivity contribution in [1.29, 1.82) is 0 Å². The Morgan fingerprint density at radius 1 is 0.962 bits per heavy atom. The molecule has 1 heterocycles. The minimum Gasteiger partial charge on any atom is -0.461 e. The van der Waals surface area contributed by atoms with E-state index < -0.39 is 17.5 Å². The molecule has 0 aromatic carbocycles. The first kappa shape index (κ1) is 22.3. The minimum absolute atomic E-state index is 0.178. The molecule has 1 rings (SSSR count). The zero-order chi connectivity index (χ0) is 19.9. The molecule has 7 heteroatoms. The van der Waals surface area contributed by atoms with Crippen LogP contribution in [0.4, 0.5) is 0 Å². The topological polar surface area (TPSA) is 71.6 Å². The van der Waals surface area contributed by atoms with Gasteiger partial charge in [-0.2, -0.15) is 0 Å². The highest BCUT2D eigenvalue weighted by Crippen LogP contribution is 2.44. The number of rotatable bonds is 12. The van der Waals surface area contributed by atoms with E-state index in [0.29, 0.717) is 50.3 Å². The molecule has 0 amide bonds. The van der Waals surface area contributed by atoms with Crippen LogP contribution in [0.2, 0.25) is 0 Å². The maximum Gasteiger partial charge on any atom is 0.333 e. The summed E-state index contributed by atoms with van der Waals surface area (Å²) < 4.78 is 16.0. The Kier molecular flexibility index (Phi) is 8.46. The Morgan fingerprint density at radius 2 is 1.42 bits per heavy atom. The van der Waals surface area contributed by atoms with Crippen LogP contribution >= 0.6 is 0 Å². The van der Waals surface area contributed by atoms with Gasteiger partial charge < -0.3 is 24.0 Å². The molecule has 0 aromatic rings. The number of epoxide rings is 1. The van der Waals surface area contributed by atoms with Crippen LogP contribution in [0.25, 0.3) is 0 Å². The van der Waals surface area contributed by atoms with E-state index in [2.05, 4.69) is 13.2 Å². The fourth-order valence-corrected chi connectivity index (χ4v) is 2.35. The third kappa shape index (κ3) is 7.68. The molecular weight excluding hydrogens is 336 g/mol. The van der Waals surface area contributed by atoms with Crippen molar-refractivity contribution >= 4 is 11.9 Å². The van der Waals surface area contributed by atoms with Gasteiger partial charge in [-0.3, -0.25) is 0 Å². The molecule has 7 nitrogen and oxygen atoms in total. The molecule has 1 saturated heterocycles. The van der Waals surface area contributed by atoms with Crippen molar-refractivity contribution in [3.63, 3.8) is 0 Å². The lowest BCUT2D eigenvalue weighted by Crippen LogP contribution is -2.23. The van der Waals surface area contributed by atoms with E-state index in [1.807, 2.05) is 44.9 Å². The second-order valence-electron chi connectivity index (χ2n) is 7.39. The third-order valence-corrected chi connectivity index (χ3v) is 4.15. The van der Waals surface area contributed by atoms with Crippen LogP contribution in [-0.4, -0.2) is 87.9 Å². The van der Waals surface area contributed by atoms with Gasteiger partial charge in [0.05, 0.1) is 11.7 Å². The molecular formula is C19H32N2O5. The average molecular weight is 368 g/mol. The summed E-state index contributed by atoms with van der Waals surface area (Å²) in [6.07, 6.45) is 0.560. The Bertz CT molecular complexity index is 544. The molecule has 0 saturated carbocycles. The van der Waals surface area contributed by atoms with Gasteiger partial charge in [-0.25, -0.2) is 9.59 Å². The van der Waals surface area contributed by atoms with Crippen molar-refractivity contribution in [2.75, 3.05) is 54.5 Å². The summed E-state index contributed by atoms with van der Waals surface area (Å²) in [5.41, 5.74) is 0.217. The number of carbonyl (C=O) groups excluding carboxylic acids is 2. The van der Waals surface area contributed by atoms with E-state index in [9.17, 15) is 9.59 Å². The number of nitrogens with zero attached hydrogens (tertiary/aromatic N) is 2. The summed E-state index contributed by atoms with van der Waals surface area (Å²) in [6, 6.07) is 0. The molecule has 0 N–H and O–H groups in total. The number of hydrogen-bond acceptors (Lipinski definition) is 7. The molecule has 26 heavy (non-hydrogen) atoms. The SMILES string of the molecule is C=C(CC1OC1(C)CC(=C)C(=O)OCCN(C)C)C(=O)OCCN(C)C. The Hall–Kier alpha value is -1.70. The predicted molar refractivity (Wildman–Crippen MR) is 99.8 cm³/mol. The first-order valence-electron chi connectivity index (χ1n) is 8.72. The lowest BCUT2D eigenvalue weighted by molar-refractivity contribution is -0.140. The van der Waals surface area contributed by atoms with Crippen molar-refractivity contribution in [3.05, 3.63) is 24.3 Å². The van der Waals surface area contributed by atoms with Crippen LogP contribution in [0.15, 0.2) is 24.3 Å². The standard InChI is InChI=1S/C19H32N2O5/c1-14(17(22)24-10-8-20(4)5)12-16-19(3,26-16)13-15(2)18(23)25-11-9-21(6)7/h16H,1-2,8-13H2,3-7H3. The van der Waals surface area contributed by atoms with Crippen molar-refractivity contribution in [1.82, 2.24) is 9.80 Å². The second-order valence-corrected chi connectivity index (χ2v) is 7.39. The van der Waals surface area contributed by atoms with Crippen molar-refractivity contribution in [3.8, 4) is 0 Å². The summed E-state index contributed by atoms with van der Waals surface area (Å²) in [6.45, 7) is 11.4. The van der Waals surface area contributed by atoms with Gasteiger partial charge >= 0.3 is 11.9 Å². The van der Waals surface area contributed by atoms with Crippen molar-refractivity contribution < 1.29 is 23.8 Å². The maximum atomic E-state index is 11.9. The van der Waals surface area contributed by atoms with Crippen molar-refractivity contribution in [2.45, 2.75) is 31.5 Å². The van der Waals surface area contributed by atoms with E-state index in [0.717, 1.165) is 0 Å². The maximum absolute atomic E-state index is 11.9. The number of esters is 2. The summed E-state index contributed by atoms with van der Waals surface area (Å²) in [4.78, 5) is 27.7. The highest BCUT2D eigenvalue weighted by Gasteiger charge is 2.53. The van der Waals surface area contributed by atoms with E-state index in [1.165, 1.54) is 0 Å². The zero-order valence-corrected chi connectivity index (χ0v) is 16.7. The van der Waals surface area contributed by atoms with Crippen LogP contribution in [-0.2, 0) is 23.8 Å². The molecule has 1 fully saturated rings. The molecule has 2 atom stereocenters. The van der Waals surface area contributed by atoms with Gasteiger partial charge in [-0.15, -0.1) is 0 Å². The molecule has 1 aliphatic heterocycles. The first-order valence-corrected chi connectivity index (χ1v) is 8.72. The number of hydrogen-bond donors (Lipinski definition) is 0. The fourth-order valence-electron chi connectivity index (χ4n) is 2.35. The fraction of sp³-hybridized carbons (Fsp3) is 0.684. The molecule has 0 bridgehead atoms. The van der Waals surface area contributed by atoms with Gasteiger partial charge in [-0.1, -0.05) is 13.2 Å². The first-order chi connectivity index (χ1) is 12.0. The zero-order valence-electron chi connectivity index (χ0n) is 16.7. The molecule has 148 valence electrons. The Morgan fingerprint density at radius 3 is 1.88 bits per heavy atom. The van der Waals surface area contributed by atoms with Gasteiger partial charge in [0.2, 0.25) is 0 Å². The van der Waals surface area contributed by atoms with Crippen LogP contribution < -0.4 is 0 Å². The Labute approximate surface area is 156 Å². The largest absolute Gasteiger partial charge is 0.461 e. The van der Waals surface area contributed by atoms with Crippen LogP contribution in [0.5, 0.6) is 0 Å². The van der Waals surface area contributed by atoms with Crippen LogP contribution in [0.1, 0.15) is 19.8 Å². The van der Waals surface area contributed by atoms with Gasteiger partial charge in [0.25, 0.3) is 0 Å². The normalized spacial score (nSPS) is 21.6. The second kappa shape index (κ2) is 9.85. The molecule has 1 aliphatic rings. The average Bonchev–Trinajstić information content (AvgIpc) is 3.14. The number of ether oxygens (including phenoxy) is 3. The predicted octanol–water partition coefficient (Wildman–Crippen LogP) is 1.25. The summed E-state index contributed by atoms with van der Waals surface area (Å²) in [7, 11) is 7.63. The van der Waals surface area contributed by atoms with Gasteiger partial charge in [0, 0.05) is 37.1 Å². The lowest BCUT2D eigenvalue weighted by atomic mass is 9.95. The van der Waals surface area contributed by atoms with E-state index in [4.69, 9.17) is 14.2 Å². The van der Waals surface area contributed by atoms with Gasteiger partial charge in [-0.05, 0) is 35.1 Å². The number of likely N-dealkylation sites (N-methyl/N-ethyl adjacent to an activating group) is 2. The number of carbonyl (C=O) groups is 2. The molecule has 0 spiro atoms. The van der Waals surface area contributed by atoms with Gasteiger partial charge in [0.15, 0.2) is 0 Å². The quantitative estimate of drug-likeness (QED) is 0.292. The lowest BCUT2D eigenvalue weighted by Gasteiger charge is -2.13. The molecule has 0 aliphatic carbocycles. The van der Waals surface area contributed by atoms with Crippen LogP contribution in [0.3, 0.4) is 0 Å². The smallest absolute Gasteiger partial charge is 0.333 e. The summed E-state index contributed by atoms with van der Waals surface area (Å²) >= 11 is 0.